The van der Waals surface area contributed by atoms with E-state index in [4.69, 9.17) is 11.6 Å². The summed E-state index contributed by atoms with van der Waals surface area (Å²) >= 11 is 5.91. The number of benzene rings is 2. The van der Waals surface area contributed by atoms with Crippen LogP contribution in [0.1, 0.15) is 11.1 Å². The molecule has 0 unspecified atom stereocenters. The van der Waals surface area contributed by atoms with E-state index in [0.29, 0.717) is 11.3 Å². The molecule has 4 nitrogen and oxygen atoms in total. The summed E-state index contributed by atoms with van der Waals surface area (Å²) in [4.78, 5) is 10.5. The Hall–Kier alpha value is -2.14. The first-order valence-electron chi connectivity index (χ1n) is 5.90. The first kappa shape index (κ1) is 14.3. The van der Waals surface area contributed by atoms with Gasteiger partial charge in [0.2, 0.25) is 0 Å². The molecule has 0 aliphatic heterocycles. The van der Waals surface area contributed by atoms with Crippen molar-refractivity contribution in [2.24, 2.45) is 0 Å². The van der Waals surface area contributed by atoms with Crippen LogP contribution >= 0.6 is 11.6 Å². The molecule has 20 heavy (non-hydrogen) atoms. The number of hydrogen-bond donors (Lipinski definition) is 1. The van der Waals surface area contributed by atoms with Crippen LogP contribution in [-0.4, -0.2) is 4.92 Å². The molecule has 0 saturated heterocycles. The summed E-state index contributed by atoms with van der Waals surface area (Å²) in [6.45, 7) is 2.07. The maximum absolute atomic E-state index is 12.9. The van der Waals surface area contributed by atoms with Crippen molar-refractivity contribution in [3.05, 3.63) is 68.5 Å². The third-order valence-corrected chi connectivity index (χ3v) is 3.19. The fraction of sp³-hybridized carbons (Fsp3) is 0.143. The van der Waals surface area contributed by atoms with E-state index in [1.54, 1.807) is 25.1 Å². The molecule has 0 saturated carbocycles. The first-order chi connectivity index (χ1) is 9.47. The standard InChI is InChI=1S/C14H12ClFN2O2/c1-9-2-5-13(14(6-9)18(19)20)17-8-10-3-4-11(16)7-12(10)15/h2-7,17H,8H2,1H3. The van der Waals surface area contributed by atoms with Gasteiger partial charge in [0.1, 0.15) is 11.5 Å². The van der Waals surface area contributed by atoms with Gasteiger partial charge in [0.15, 0.2) is 0 Å². The van der Waals surface area contributed by atoms with Crippen LogP contribution in [0.25, 0.3) is 0 Å². The molecule has 0 bridgehead atoms. The Balaban J connectivity index is 2.20. The summed E-state index contributed by atoms with van der Waals surface area (Å²) in [5.41, 5.74) is 1.88. The topological polar surface area (TPSA) is 55.2 Å². The highest BCUT2D eigenvalue weighted by molar-refractivity contribution is 6.31. The second kappa shape index (κ2) is 5.88. The zero-order valence-electron chi connectivity index (χ0n) is 10.7. The van der Waals surface area contributed by atoms with Gasteiger partial charge >= 0.3 is 0 Å². The van der Waals surface area contributed by atoms with Gasteiger partial charge in [-0.05, 0) is 36.2 Å². The molecule has 2 aromatic rings. The van der Waals surface area contributed by atoms with Crippen molar-refractivity contribution in [1.82, 2.24) is 0 Å². The van der Waals surface area contributed by atoms with Gasteiger partial charge < -0.3 is 5.32 Å². The zero-order chi connectivity index (χ0) is 14.7. The Kier molecular flexibility index (Phi) is 4.20. The number of halogens is 2. The molecule has 0 fully saturated rings. The number of nitrogens with zero attached hydrogens (tertiary/aromatic N) is 1. The fourth-order valence-corrected chi connectivity index (χ4v) is 2.03. The molecule has 0 atom stereocenters. The summed E-state index contributed by atoms with van der Waals surface area (Å²) in [6.07, 6.45) is 0. The lowest BCUT2D eigenvalue weighted by molar-refractivity contribution is -0.384. The smallest absolute Gasteiger partial charge is 0.292 e. The van der Waals surface area contributed by atoms with E-state index < -0.39 is 10.7 Å². The van der Waals surface area contributed by atoms with Gasteiger partial charge in [0, 0.05) is 17.6 Å². The fourth-order valence-electron chi connectivity index (χ4n) is 1.80. The van der Waals surface area contributed by atoms with E-state index in [0.717, 1.165) is 5.56 Å². The third kappa shape index (κ3) is 3.24. The second-order valence-corrected chi connectivity index (χ2v) is 4.77. The minimum Gasteiger partial charge on any atom is -0.375 e. The number of hydrogen-bond acceptors (Lipinski definition) is 3. The lowest BCUT2D eigenvalue weighted by Gasteiger charge is -2.09. The maximum Gasteiger partial charge on any atom is 0.292 e. The van der Waals surface area contributed by atoms with Crippen LogP contribution in [-0.2, 0) is 6.54 Å². The predicted octanol–water partition coefficient (Wildman–Crippen LogP) is 4.31. The summed E-state index contributed by atoms with van der Waals surface area (Å²) in [5, 5.41) is 14.2. The Bertz CT molecular complexity index is 662. The van der Waals surface area contributed by atoms with Gasteiger partial charge in [-0.1, -0.05) is 23.7 Å². The molecule has 0 heterocycles. The van der Waals surface area contributed by atoms with E-state index in [9.17, 15) is 14.5 Å². The van der Waals surface area contributed by atoms with Crippen molar-refractivity contribution in [2.75, 3.05) is 5.32 Å². The van der Waals surface area contributed by atoms with Crippen molar-refractivity contribution in [3.63, 3.8) is 0 Å². The minimum absolute atomic E-state index is 0.00299. The molecule has 1 N–H and O–H groups in total. The summed E-state index contributed by atoms with van der Waals surface area (Å²) in [6, 6.07) is 8.97. The van der Waals surface area contributed by atoms with Crippen LogP contribution in [0, 0.1) is 22.9 Å². The Morgan fingerprint density at radius 1 is 1.30 bits per heavy atom. The van der Waals surface area contributed by atoms with Gasteiger partial charge in [-0.15, -0.1) is 0 Å². The van der Waals surface area contributed by atoms with Gasteiger partial charge in [0.05, 0.1) is 4.92 Å². The monoisotopic (exact) mass is 294 g/mol. The van der Waals surface area contributed by atoms with Gasteiger partial charge in [0.25, 0.3) is 5.69 Å². The van der Waals surface area contributed by atoms with Crippen LogP contribution in [0.4, 0.5) is 15.8 Å². The van der Waals surface area contributed by atoms with Crippen molar-refractivity contribution in [1.29, 1.82) is 0 Å². The van der Waals surface area contributed by atoms with Gasteiger partial charge in [-0.2, -0.15) is 0 Å². The zero-order valence-corrected chi connectivity index (χ0v) is 11.4. The molecule has 0 aromatic heterocycles. The number of nitro groups is 1. The second-order valence-electron chi connectivity index (χ2n) is 4.37. The Morgan fingerprint density at radius 2 is 2.05 bits per heavy atom. The number of aryl methyl sites for hydroxylation is 1. The molecule has 0 aliphatic rings. The molecule has 0 radical (unpaired) electrons. The van der Waals surface area contributed by atoms with Crippen molar-refractivity contribution >= 4 is 23.0 Å². The number of anilines is 1. The average Bonchev–Trinajstić information content (AvgIpc) is 2.38. The molecule has 2 aromatic carbocycles. The number of rotatable bonds is 4. The van der Waals surface area contributed by atoms with E-state index in [1.807, 2.05) is 0 Å². The van der Waals surface area contributed by atoms with Crippen LogP contribution in [0.3, 0.4) is 0 Å². The van der Waals surface area contributed by atoms with Gasteiger partial charge in [-0.25, -0.2) is 4.39 Å². The lowest BCUT2D eigenvalue weighted by atomic mass is 10.1. The quantitative estimate of drug-likeness (QED) is 0.675. The first-order valence-corrected chi connectivity index (χ1v) is 6.28. The predicted molar refractivity (Wildman–Crippen MR) is 76.6 cm³/mol. The van der Waals surface area contributed by atoms with Crippen molar-refractivity contribution in [3.8, 4) is 0 Å². The van der Waals surface area contributed by atoms with Crippen LogP contribution < -0.4 is 5.32 Å². The van der Waals surface area contributed by atoms with Crippen LogP contribution in [0.15, 0.2) is 36.4 Å². The Morgan fingerprint density at radius 3 is 2.70 bits per heavy atom. The van der Waals surface area contributed by atoms with Crippen molar-refractivity contribution in [2.45, 2.75) is 13.5 Å². The molecular formula is C14H12ClFN2O2. The Labute approximate surface area is 120 Å². The highest BCUT2D eigenvalue weighted by Crippen LogP contribution is 2.26. The van der Waals surface area contributed by atoms with E-state index in [2.05, 4.69) is 5.32 Å². The molecule has 6 heteroatoms. The summed E-state index contributed by atoms with van der Waals surface area (Å²) in [7, 11) is 0. The summed E-state index contributed by atoms with van der Waals surface area (Å²) < 4.78 is 12.9. The number of nitro benzene ring substituents is 1. The van der Waals surface area contributed by atoms with Crippen molar-refractivity contribution < 1.29 is 9.31 Å². The average molecular weight is 295 g/mol. The third-order valence-electron chi connectivity index (χ3n) is 2.83. The van der Waals surface area contributed by atoms with Crippen LogP contribution in [0.2, 0.25) is 5.02 Å². The van der Waals surface area contributed by atoms with Crippen LogP contribution in [0.5, 0.6) is 0 Å². The normalized spacial score (nSPS) is 10.3. The molecule has 0 amide bonds. The molecular weight excluding hydrogens is 283 g/mol. The number of nitrogens with one attached hydrogen (secondary N) is 1. The van der Waals surface area contributed by atoms with E-state index in [1.165, 1.54) is 18.2 Å². The lowest BCUT2D eigenvalue weighted by Crippen LogP contribution is -2.03. The molecule has 2 rings (SSSR count). The van der Waals surface area contributed by atoms with Gasteiger partial charge in [-0.3, -0.25) is 10.1 Å². The molecule has 0 spiro atoms. The highest BCUT2D eigenvalue weighted by Gasteiger charge is 2.13. The molecule has 0 aliphatic carbocycles. The molecule has 104 valence electrons. The largest absolute Gasteiger partial charge is 0.375 e. The summed E-state index contributed by atoms with van der Waals surface area (Å²) in [5.74, 6) is -0.417. The SMILES string of the molecule is Cc1ccc(NCc2ccc(F)cc2Cl)c([N+](=O)[O-])c1. The minimum atomic E-state index is -0.443. The van der Waals surface area contributed by atoms with E-state index in [-0.39, 0.29) is 17.3 Å². The van der Waals surface area contributed by atoms with E-state index >= 15 is 0 Å². The highest BCUT2D eigenvalue weighted by atomic mass is 35.5. The maximum atomic E-state index is 12.9.